The Balaban J connectivity index is 2.16. The van der Waals surface area contributed by atoms with Gasteiger partial charge in [-0.3, -0.25) is 4.79 Å². The lowest BCUT2D eigenvalue weighted by Gasteiger charge is -2.36. The highest BCUT2D eigenvalue weighted by Gasteiger charge is 2.33. The number of benzene rings is 1. The molecule has 1 saturated carbocycles. The third-order valence-electron chi connectivity index (χ3n) is 5.33. The summed E-state index contributed by atoms with van der Waals surface area (Å²) in [7, 11) is 3.25. The minimum absolute atomic E-state index is 0.250. The summed E-state index contributed by atoms with van der Waals surface area (Å²) in [6.07, 6.45) is 5.45. The molecule has 4 nitrogen and oxygen atoms in total. The lowest BCUT2D eigenvalue weighted by molar-refractivity contribution is -0.117. The number of allylic oxidation sites excluding steroid dienone is 1. The van der Waals surface area contributed by atoms with E-state index in [9.17, 15) is 4.79 Å². The predicted molar refractivity (Wildman–Crippen MR) is 97.7 cm³/mol. The van der Waals surface area contributed by atoms with Crippen molar-refractivity contribution in [3.8, 4) is 11.5 Å². The molecule has 1 N–H and O–H groups in total. The SMILES string of the molecule is CCC(C)(C)[C@H]1CCC(=O)/C(=C/Nc2cc(OC)cc(OC)c2)C1. The Bertz CT molecular complexity index is 597. The summed E-state index contributed by atoms with van der Waals surface area (Å²) in [5, 5.41) is 3.24. The molecule has 1 aliphatic rings. The van der Waals surface area contributed by atoms with Crippen LogP contribution in [0.1, 0.15) is 46.5 Å². The number of methoxy groups -OCH3 is 2. The topological polar surface area (TPSA) is 47.6 Å². The number of anilines is 1. The first-order chi connectivity index (χ1) is 11.4. The Morgan fingerprint density at radius 3 is 2.38 bits per heavy atom. The van der Waals surface area contributed by atoms with Crippen molar-refractivity contribution in [1.82, 2.24) is 0 Å². The van der Waals surface area contributed by atoms with Gasteiger partial charge in [-0.1, -0.05) is 27.2 Å². The highest BCUT2D eigenvalue weighted by Crippen LogP contribution is 2.41. The second kappa shape index (κ2) is 7.73. The van der Waals surface area contributed by atoms with Gasteiger partial charge in [0.1, 0.15) is 11.5 Å². The lowest BCUT2D eigenvalue weighted by Crippen LogP contribution is -2.29. The molecule has 1 atom stereocenters. The Morgan fingerprint density at radius 1 is 1.21 bits per heavy atom. The maximum absolute atomic E-state index is 12.3. The minimum atomic E-state index is 0.250. The Labute approximate surface area is 145 Å². The molecule has 2 rings (SSSR count). The maximum atomic E-state index is 12.3. The summed E-state index contributed by atoms with van der Waals surface area (Å²) in [5.41, 5.74) is 2.00. The van der Waals surface area contributed by atoms with E-state index < -0.39 is 0 Å². The summed E-state index contributed by atoms with van der Waals surface area (Å²) >= 11 is 0. The summed E-state index contributed by atoms with van der Waals surface area (Å²) in [6.45, 7) is 6.82. The van der Waals surface area contributed by atoms with Crippen LogP contribution in [0.25, 0.3) is 0 Å². The number of carbonyl (C=O) groups is 1. The van der Waals surface area contributed by atoms with Gasteiger partial charge in [-0.05, 0) is 24.2 Å². The molecule has 0 bridgehead atoms. The molecular formula is C20H29NO3. The highest BCUT2D eigenvalue weighted by molar-refractivity contribution is 5.96. The number of nitrogens with one attached hydrogen (secondary N) is 1. The third kappa shape index (κ3) is 4.31. The normalized spacial score (nSPS) is 20.1. The van der Waals surface area contributed by atoms with Crippen LogP contribution >= 0.6 is 0 Å². The zero-order valence-corrected chi connectivity index (χ0v) is 15.4. The van der Waals surface area contributed by atoms with Crippen molar-refractivity contribution in [2.24, 2.45) is 11.3 Å². The minimum Gasteiger partial charge on any atom is -0.497 e. The highest BCUT2D eigenvalue weighted by atomic mass is 16.5. The maximum Gasteiger partial charge on any atom is 0.160 e. The van der Waals surface area contributed by atoms with Crippen LogP contribution in [0.3, 0.4) is 0 Å². The van der Waals surface area contributed by atoms with Gasteiger partial charge in [-0.2, -0.15) is 0 Å². The summed E-state index contributed by atoms with van der Waals surface area (Å²) < 4.78 is 10.6. The molecule has 1 aromatic carbocycles. The standard InChI is InChI=1S/C20H29NO3/c1-6-20(2,3)15-7-8-19(22)14(9-15)13-21-16-10-17(23-4)12-18(11-16)24-5/h10-13,15,21H,6-9H2,1-5H3/b14-13+/t15-/m0/s1. The van der Waals surface area contributed by atoms with Crippen LogP contribution in [0, 0.1) is 11.3 Å². The molecule has 0 unspecified atom stereocenters. The molecule has 0 saturated heterocycles. The van der Waals surface area contributed by atoms with Gasteiger partial charge in [0.2, 0.25) is 0 Å². The average Bonchev–Trinajstić information content (AvgIpc) is 2.60. The van der Waals surface area contributed by atoms with Crippen LogP contribution in [0.2, 0.25) is 0 Å². The first-order valence-corrected chi connectivity index (χ1v) is 8.61. The number of hydrogen-bond donors (Lipinski definition) is 1. The number of rotatable bonds is 6. The second-order valence-corrected chi connectivity index (χ2v) is 7.12. The zero-order valence-electron chi connectivity index (χ0n) is 15.4. The van der Waals surface area contributed by atoms with Crippen molar-refractivity contribution in [1.29, 1.82) is 0 Å². The quantitative estimate of drug-likeness (QED) is 0.760. The molecule has 0 heterocycles. The van der Waals surface area contributed by atoms with E-state index in [-0.39, 0.29) is 11.2 Å². The monoisotopic (exact) mass is 331 g/mol. The van der Waals surface area contributed by atoms with Gasteiger partial charge in [0.25, 0.3) is 0 Å². The van der Waals surface area contributed by atoms with E-state index >= 15 is 0 Å². The number of carbonyl (C=O) groups excluding carboxylic acids is 1. The van der Waals surface area contributed by atoms with Crippen LogP contribution in [0.15, 0.2) is 30.0 Å². The summed E-state index contributed by atoms with van der Waals surface area (Å²) in [4.78, 5) is 12.3. The van der Waals surface area contributed by atoms with Crippen LogP contribution in [0.4, 0.5) is 5.69 Å². The van der Waals surface area contributed by atoms with Crippen LogP contribution in [-0.2, 0) is 4.79 Å². The number of ketones is 1. The van der Waals surface area contributed by atoms with E-state index in [2.05, 4.69) is 26.1 Å². The smallest absolute Gasteiger partial charge is 0.160 e. The number of Topliss-reactive ketones (excluding diaryl/α,β-unsaturated/α-hetero) is 1. The van der Waals surface area contributed by atoms with Gasteiger partial charge in [-0.25, -0.2) is 0 Å². The first kappa shape index (κ1) is 18.4. The largest absolute Gasteiger partial charge is 0.497 e. The lowest BCUT2D eigenvalue weighted by atomic mass is 9.68. The fraction of sp³-hybridized carbons (Fsp3) is 0.550. The van der Waals surface area contributed by atoms with Crippen molar-refractivity contribution in [3.05, 3.63) is 30.0 Å². The molecule has 0 radical (unpaired) electrons. The Morgan fingerprint density at radius 2 is 1.83 bits per heavy atom. The molecule has 0 aliphatic heterocycles. The number of ether oxygens (including phenoxy) is 2. The first-order valence-electron chi connectivity index (χ1n) is 8.61. The van der Waals surface area contributed by atoms with Gasteiger partial charge in [0.05, 0.1) is 14.2 Å². The fourth-order valence-electron chi connectivity index (χ4n) is 3.10. The Kier molecular flexibility index (Phi) is 5.92. The van der Waals surface area contributed by atoms with Crippen molar-refractivity contribution >= 4 is 11.5 Å². The Hall–Kier alpha value is -1.97. The van der Waals surface area contributed by atoms with Crippen LogP contribution in [-0.4, -0.2) is 20.0 Å². The van der Waals surface area contributed by atoms with E-state index in [0.29, 0.717) is 12.3 Å². The molecule has 1 fully saturated rings. The molecule has 0 amide bonds. The van der Waals surface area contributed by atoms with Gasteiger partial charge >= 0.3 is 0 Å². The van der Waals surface area contributed by atoms with Crippen molar-refractivity contribution in [3.63, 3.8) is 0 Å². The van der Waals surface area contributed by atoms with E-state index in [4.69, 9.17) is 9.47 Å². The van der Waals surface area contributed by atoms with Gasteiger partial charge in [-0.15, -0.1) is 0 Å². The predicted octanol–water partition coefficient (Wildman–Crippen LogP) is 4.81. The van der Waals surface area contributed by atoms with Gasteiger partial charge in [0.15, 0.2) is 5.78 Å². The van der Waals surface area contributed by atoms with Gasteiger partial charge in [0, 0.05) is 42.1 Å². The van der Waals surface area contributed by atoms with Crippen molar-refractivity contribution < 1.29 is 14.3 Å². The molecule has 1 aromatic rings. The number of hydrogen-bond acceptors (Lipinski definition) is 4. The van der Waals surface area contributed by atoms with E-state index in [1.165, 1.54) is 0 Å². The second-order valence-electron chi connectivity index (χ2n) is 7.12. The average molecular weight is 331 g/mol. The van der Waals surface area contributed by atoms with E-state index in [0.717, 1.165) is 42.0 Å². The molecule has 1 aliphatic carbocycles. The molecule has 24 heavy (non-hydrogen) atoms. The molecule has 4 heteroatoms. The van der Waals surface area contributed by atoms with E-state index in [1.54, 1.807) is 14.2 Å². The van der Waals surface area contributed by atoms with Gasteiger partial charge < -0.3 is 14.8 Å². The molecular weight excluding hydrogens is 302 g/mol. The van der Waals surface area contributed by atoms with Crippen molar-refractivity contribution in [2.75, 3.05) is 19.5 Å². The third-order valence-corrected chi connectivity index (χ3v) is 5.33. The van der Waals surface area contributed by atoms with Crippen molar-refractivity contribution in [2.45, 2.75) is 46.5 Å². The molecule has 132 valence electrons. The molecule has 0 spiro atoms. The van der Waals surface area contributed by atoms with Crippen LogP contribution in [0.5, 0.6) is 11.5 Å². The van der Waals surface area contributed by atoms with E-state index in [1.807, 2.05) is 24.4 Å². The molecule has 0 aromatic heterocycles. The summed E-state index contributed by atoms with van der Waals surface area (Å²) in [6, 6.07) is 5.60. The fourth-order valence-corrected chi connectivity index (χ4v) is 3.10. The van der Waals surface area contributed by atoms with Crippen LogP contribution < -0.4 is 14.8 Å². The zero-order chi connectivity index (χ0) is 17.7. The summed E-state index contributed by atoms with van der Waals surface area (Å²) in [5.74, 6) is 2.24.